The van der Waals surface area contributed by atoms with Crippen molar-refractivity contribution in [2.24, 2.45) is 7.05 Å². The van der Waals surface area contributed by atoms with Crippen LogP contribution in [0.3, 0.4) is 0 Å². The summed E-state index contributed by atoms with van der Waals surface area (Å²) in [5, 5.41) is 27.0. The molecule has 1 fully saturated rings. The van der Waals surface area contributed by atoms with Crippen molar-refractivity contribution in [1.82, 2.24) is 30.4 Å². The van der Waals surface area contributed by atoms with Gasteiger partial charge >= 0.3 is 11.9 Å². The number of carboxylic acid groups (broad SMARTS) is 1. The molecule has 4 heterocycles. The summed E-state index contributed by atoms with van der Waals surface area (Å²) in [4.78, 5) is 54.3. The standard InChI is InChI=1S/C27H26N6O7S3/c1-32-26(29-30-31-32)43-13-17-12-42-25-27(39-2,24(38)33(25)20(17)22(35)36)28-21(34)19(16-8-9-41-11-16)23(37)40-18-7-6-14-4-3-5-15(14)10-18/h6-11,19,25H,3-5,12-13H2,1-2H3,(H,28,34)(H,35,36)/t19?,25-,27-/m0/s1. The SMILES string of the molecule is CO[C@@]1(NC(=O)C(C(=O)Oc2ccc3c(c2)CCC3)c2ccsc2)C(=O)N2C(C(=O)O)=C(CSc3nnnn3C)CS[C@H]21. The second-order valence-corrected chi connectivity index (χ2v) is 12.9. The van der Waals surface area contributed by atoms with Crippen LogP contribution in [-0.2, 0) is 43.8 Å². The number of amides is 2. The van der Waals surface area contributed by atoms with Gasteiger partial charge in [-0.15, -0.1) is 16.9 Å². The maximum atomic E-state index is 13.8. The topological polar surface area (TPSA) is 166 Å². The second kappa shape index (κ2) is 11.7. The fourth-order valence-corrected chi connectivity index (χ4v) is 8.54. The van der Waals surface area contributed by atoms with Gasteiger partial charge < -0.3 is 19.9 Å². The summed E-state index contributed by atoms with van der Waals surface area (Å²) < 4.78 is 12.7. The highest BCUT2D eigenvalue weighted by Crippen LogP contribution is 2.47. The van der Waals surface area contributed by atoms with Gasteiger partial charge in [-0.2, -0.15) is 11.3 Å². The lowest BCUT2D eigenvalue weighted by Gasteiger charge is -2.56. The Morgan fingerprint density at radius 3 is 2.77 bits per heavy atom. The first-order chi connectivity index (χ1) is 20.7. The minimum atomic E-state index is -1.88. The van der Waals surface area contributed by atoms with E-state index in [0.29, 0.717) is 22.0 Å². The van der Waals surface area contributed by atoms with Crippen molar-refractivity contribution in [3.8, 4) is 5.75 Å². The Kier molecular flexibility index (Phi) is 8.02. The molecule has 1 unspecified atom stereocenters. The quantitative estimate of drug-likeness (QED) is 0.0826. The summed E-state index contributed by atoms with van der Waals surface area (Å²) in [6, 6.07) is 7.10. The van der Waals surface area contributed by atoms with Gasteiger partial charge in [0.15, 0.2) is 5.92 Å². The molecule has 3 aliphatic rings. The van der Waals surface area contributed by atoms with Crippen molar-refractivity contribution in [3.05, 3.63) is 63.0 Å². The number of aryl methyl sites for hydroxylation is 3. The van der Waals surface area contributed by atoms with Crippen molar-refractivity contribution in [3.63, 3.8) is 0 Å². The number of β-lactam (4-membered cyclic amide) rings is 1. The van der Waals surface area contributed by atoms with E-state index in [1.165, 1.54) is 52.2 Å². The first kappa shape index (κ1) is 29.3. The van der Waals surface area contributed by atoms with Gasteiger partial charge in [-0.3, -0.25) is 19.3 Å². The summed E-state index contributed by atoms with van der Waals surface area (Å²) in [6.07, 6.45) is 2.91. The molecule has 2 aliphatic heterocycles. The molecule has 0 bridgehead atoms. The minimum absolute atomic E-state index is 0.177. The monoisotopic (exact) mass is 642 g/mol. The number of esters is 1. The number of aliphatic carboxylic acids is 1. The van der Waals surface area contributed by atoms with E-state index in [0.717, 1.165) is 29.7 Å². The molecule has 3 aromatic rings. The predicted molar refractivity (Wildman–Crippen MR) is 156 cm³/mol. The molecule has 3 atom stereocenters. The van der Waals surface area contributed by atoms with Gasteiger partial charge in [0.05, 0.1) is 0 Å². The van der Waals surface area contributed by atoms with Crippen molar-refractivity contribution < 1.29 is 33.8 Å². The van der Waals surface area contributed by atoms with Crippen LogP contribution in [0.25, 0.3) is 0 Å². The molecule has 0 radical (unpaired) electrons. The van der Waals surface area contributed by atoms with E-state index in [1.54, 1.807) is 29.9 Å². The molecule has 13 nitrogen and oxygen atoms in total. The number of thiophene rings is 1. The molecule has 6 rings (SSSR count). The van der Waals surface area contributed by atoms with E-state index < -0.39 is 40.8 Å². The average molecular weight is 643 g/mol. The van der Waals surface area contributed by atoms with E-state index in [1.807, 2.05) is 12.1 Å². The van der Waals surface area contributed by atoms with Gasteiger partial charge in [0.25, 0.3) is 11.6 Å². The number of carbonyl (C=O) groups excluding carboxylic acids is 3. The number of carbonyl (C=O) groups is 4. The van der Waals surface area contributed by atoms with Crippen LogP contribution in [0.1, 0.15) is 29.0 Å². The van der Waals surface area contributed by atoms with E-state index >= 15 is 0 Å². The van der Waals surface area contributed by atoms with Gasteiger partial charge in [-0.1, -0.05) is 17.8 Å². The van der Waals surface area contributed by atoms with Gasteiger partial charge in [0, 0.05) is 25.7 Å². The number of fused-ring (bicyclic) bond motifs is 2. The predicted octanol–water partition coefficient (Wildman–Crippen LogP) is 1.95. The molecule has 1 aromatic carbocycles. The average Bonchev–Trinajstić information content (AvgIpc) is 3.77. The number of methoxy groups -OCH3 is 1. The van der Waals surface area contributed by atoms with E-state index in [9.17, 15) is 24.3 Å². The Hall–Kier alpha value is -3.73. The molecule has 2 aromatic heterocycles. The molecule has 43 heavy (non-hydrogen) atoms. The Labute approximate surface area is 258 Å². The Bertz CT molecular complexity index is 1640. The van der Waals surface area contributed by atoms with Crippen LogP contribution in [0.15, 0.2) is 51.5 Å². The first-order valence-electron chi connectivity index (χ1n) is 13.2. The molecule has 224 valence electrons. The molecule has 0 saturated carbocycles. The van der Waals surface area contributed by atoms with Crippen molar-refractivity contribution in [1.29, 1.82) is 0 Å². The van der Waals surface area contributed by atoms with Crippen LogP contribution in [0.2, 0.25) is 0 Å². The molecule has 2 amide bonds. The third kappa shape index (κ3) is 5.21. The highest BCUT2D eigenvalue weighted by molar-refractivity contribution is 8.01. The van der Waals surface area contributed by atoms with Gasteiger partial charge in [-0.25, -0.2) is 9.48 Å². The highest BCUT2D eigenvalue weighted by atomic mass is 32.2. The molecular formula is C27H26N6O7S3. The molecule has 1 saturated heterocycles. The van der Waals surface area contributed by atoms with Crippen LogP contribution in [-0.4, -0.2) is 83.7 Å². The normalized spacial score (nSPS) is 21.6. The zero-order chi connectivity index (χ0) is 30.3. The number of carboxylic acids is 1. The summed E-state index contributed by atoms with van der Waals surface area (Å²) in [5.74, 6) is -4.19. The Morgan fingerprint density at radius 1 is 1.26 bits per heavy atom. The number of hydrogen-bond acceptors (Lipinski definition) is 12. The van der Waals surface area contributed by atoms with Crippen LogP contribution < -0.4 is 10.1 Å². The molecule has 0 spiro atoms. The Balaban J connectivity index is 1.23. The third-order valence-corrected chi connectivity index (χ3v) is 10.7. The van der Waals surface area contributed by atoms with Crippen LogP contribution in [0.5, 0.6) is 5.75 Å². The molecule has 16 heteroatoms. The third-order valence-electron chi connectivity index (χ3n) is 7.56. The number of tetrazole rings is 1. The largest absolute Gasteiger partial charge is 0.477 e. The number of benzene rings is 1. The summed E-state index contributed by atoms with van der Waals surface area (Å²) in [5.41, 5.74) is 1.18. The zero-order valence-corrected chi connectivity index (χ0v) is 25.5. The summed E-state index contributed by atoms with van der Waals surface area (Å²) in [6.45, 7) is 0. The van der Waals surface area contributed by atoms with Crippen molar-refractivity contribution >= 4 is 58.6 Å². The number of thioether (sulfide) groups is 2. The first-order valence-corrected chi connectivity index (χ1v) is 16.2. The number of nitrogens with one attached hydrogen (secondary N) is 1. The number of rotatable bonds is 10. The highest BCUT2D eigenvalue weighted by Gasteiger charge is 2.67. The van der Waals surface area contributed by atoms with Crippen molar-refractivity contribution in [2.75, 3.05) is 18.6 Å². The summed E-state index contributed by atoms with van der Waals surface area (Å²) >= 11 is 3.80. The molecule has 1 aliphatic carbocycles. The fourth-order valence-electron chi connectivity index (χ4n) is 5.43. The van der Waals surface area contributed by atoms with Crippen LogP contribution >= 0.6 is 34.9 Å². The summed E-state index contributed by atoms with van der Waals surface area (Å²) in [7, 11) is 2.93. The lowest BCUT2D eigenvalue weighted by molar-refractivity contribution is -0.193. The minimum Gasteiger partial charge on any atom is -0.477 e. The van der Waals surface area contributed by atoms with E-state index in [4.69, 9.17) is 9.47 Å². The van der Waals surface area contributed by atoms with Crippen LogP contribution in [0.4, 0.5) is 0 Å². The van der Waals surface area contributed by atoms with E-state index in [-0.39, 0.29) is 17.2 Å². The second-order valence-electron chi connectivity index (χ2n) is 10.1. The van der Waals surface area contributed by atoms with Crippen molar-refractivity contribution in [2.45, 2.75) is 41.4 Å². The number of hydrogen-bond donors (Lipinski definition) is 2. The van der Waals surface area contributed by atoms with E-state index in [2.05, 4.69) is 20.8 Å². The molecule has 2 N–H and O–H groups in total. The van der Waals surface area contributed by atoms with Gasteiger partial charge in [-0.05, 0) is 80.9 Å². The smallest absolute Gasteiger partial charge is 0.352 e. The maximum Gasteiger partial charge on any atom is 0.352 e. The lowest BCUT2D eigenvalue weighted by Crippen LogP contribution is -2.81. The maximum absolute atomic E-state index is 13.8. The fraction of sp³-hybridized carbons (Fsp3) is 0.370. The van der Waals surface area contributed by atoms with Gasteiger partial charge in [0.2, 0.25) is 11.1 Å². The number of ether oxygens (including phenoxy) is 2. The zero-order valence-electron chi connectivity index (χ0n) is 23.0. The van der Waals surface area contributed by atoms with Crippen LogP contribution in [0, 0.1) is 0 Å². The molecular weight excluding hydrogens is 617 g/mol. The number of aromatic nitrogens is 4. The number of nitrogens with zero attached hydrogens (tertiary/aromatic N) is 5. The lowest BCUT2D eigenvalue weighted by atomic mass is 9.95. The Morgan fingerprint density at radius 2 is 2.07 bits per heavy atom. The van der Waals surface area contributed by atoms with Gasteiger partial charge in [0.1, 0.15) is 16.8 Å².